The maximum atomic E-state index is 4.70. The van der Waals surface area contributed by atoms with Crippen LogP contribution in [-0.2, 0) is 6.54 Å². The number of hydrogen-bond donors (Lipinski definition) is 0. The highest BCUT2D eigenvalue weighted by Crippen LogP contribution is 2.39. The Bertz CT molecular complexity index is 714. The second kappa shape index (κ2) is 6.13. The Morgan fingerprint density at radius 1 is 1.08 bits per heavy atom. The summed E-state index contributed by atoms with van der Waals surface area (Å²) in [5.41, 5.74) is 3.66. The van der Waals surface area contributed by atoms with Gasteiger partial charge in [0.05, 0.1) is 5.69 Å². The van der Waals surface area contributed by atoms with E-state index in [2.05, 4.69) is 44.9 Å². The van der Waals surface area contributed by atoms with E-state index in [0.717, 1.165) is 43.4 Å². The monoisotopic (exact) mass is 323 g/mol. The summed E-state index contributed by atoms with van der Waals surface area (Å²) in [4.78, 5) is 18.7. The van der Waals surface area contributed by atoms with Crippen molar-refractivity contribution in [2.45, 2.75) is 45.2 Å². The molecule has 0 amide bonds. The van der Waals surface area contributed by atoms with E-state index < -0.39 is 0 Å². The zero-order valence-electron chi connectivity index (χ0n) is 14.6. The number of likely N-dealkylation sites (tertiary alicyclic amines) is 1. The summed E-state index contributed by atoms with van der Waals surface area (Å²) in [5, 5.41) is 0. The molecule has 0 aliphatic carbocycles. The van der Waals surface area contributed by atoms with Gasteiger partial charge in [-0.05, 0) is 57.4 Å². The van der Waals surface area contributed by atoms with Gasteiger partial charge in [0.1, 0.15) is 0 Å². The van der Waals surface area contributed by atoms with E-state index in [4.69, 9.17) is 4.98 Å². The first-order chi connectivity index (χ1) is 11.6. The van der Waals surface area contributed by atoms with Crippen LogP contribution < -0.4 is 4.90 Å². The third-order valence-electron chi connectivity index (χ3n) is 5.42. The van der Waals surface area contributed by atoms with Crippen molar-refractivity contribution in [3.63, 3.8) is 0 Å². The van der Waals surface area contributed by atoms with E-state index in [-0.39, 0.29) is 5.54 Å². The number of hydrogen-bond acceptors (Lipinski definition) is 5. The molecule has 1 atom stereocenters. The average molecular weight is 323 g/mol. The van der Waals surface area contributed by atoms with Crippen molar-refractivity contribution in [2.24, 2.45) is 0 Å². The molecule has 2 aromatic rings. The normalized spacial score (nSPS) is 24.2. The Morgan fingerprint density at radius 2 is 1.92 bits per heavy atom. The zero-order valence-corrected chi connectivity index (χ0v) is 14.6. The molecular formula is C19H25N5. The molecular weight excluding hydrogens is 298 g/mol. The molecule has 2 saturated heterocycles. The summed E-state index contributed by atoms with van der Waals surface area (Å²) < 4.78 is 0. The highest BCUT2D eigenvalue weighted by molar-refractivity contribution is 5.34. The molecule has 0 unspecified atom stereocenters. The minimum absolute atomic E-state index is 0.264. The van der Waals surface area contributed by atoms with Crippen LogP contribution in [0.15, 0.2) is 30.6 Å². The van der Waals surface area contributed by atoms with Gasteiger partial charge in [-0.2, -0.15) is 0 Å². The van der Waals surface area contributed by atoms with Gasteiger partial charge in [-0.15, -0.1) is 0 Å². The number of nitrogens with zero attached hydrogens (tertiary/aromatic N) is 5. The molecule has 5 heteroatoms. The predicted molar refractivity (Wildman–Crippen MR) is 94.9 cm³/mol. The molecule has 0 N–H and O–H groups in total. The predicted octanol–water partition coefficient (Wildman–Crippen LogP) is 2.73. The average Bonchev–Trinajstić information content (AvgIpc) is 3.17. The van der Waals surface area contributed by atoms with Crippen LogP contribution in [0.5, 0.6) is 0 Å². The minimum atomic E-state index is 0.264. The lowest BCUT2D eigenvalue weighted by Crippen LogP contribution is -2.45. The first kappa shape index (κ1) is 15.5. The van der Waals surface area contributed by atoms with Gasteiger partial charge >= 0.3 is 0 Å². The van der Waals surface area contributed by atoms with Crippen LogP contribution in [-0.4, -0.2) is 45.0 Å². The van der Waals surface area contributed by atoms with Crippen molar-refractivity contribution >= 4 is 5.95 Å². The van der Waals surface area contributed by atoms with Gasteiger partial charge in [0.25, 0.3) is 0 Å². The molecule has 1 spiro atoms. The van der Waals surface area contributed by atoms with Gasteiger partial charge in [-0.25, -0.2) is 9.97 Å². The molecule has 24 heavy (non-hydrogen) atoms. The van der Waals surface area contributed by atoms with Crippen LogP contribution >= 0.6 is 0 Å². The summed E-state index contributed by atoms with van der Waals surface area (Å²) in [6, 6.07) is 6.33. The van der Waals surface area contributed by atoms with E-state index in [9.17, 15) is 0 Å². The number of aryl methyl sites for hydroxylation is 2. The van der Waals surface area contributed by atoms with Gasteiger partial charge in [0.2, 0.25) is 5.95 Å². The highest BCUT2D eigenvalue weighted by atomic mass is 15.3. The lowest BCUT2D eigenvalue weighted by atomic mass is 9.95. The summed E-state index contributed by atoms with van der Waals surface area (Å²) >= 11 is 0. The second-order valence-electron chi connectivity index (χ2n) is 7.25. The van der Waals surface area contributed by atoms with Gasteiger partial charge < -0.3 is 4.90 Å². The maximum absolute atomic E-state index is 4.70. The molecule has 2 aromatic heterocycles. The van der Waals surface area contributed by atoms with Crippen molar-refractivity contribution in [3.05, 3.63) is 47.5 Å². The van der Waals surface area contributed by atoms with Crippen molar-refractivity contribution in [2.75, 3.05) is 24.5 Å². The summed E-state index contributed by atoms with van der Waals surface area (Å²) in [6.07, 6.45) is 7.55. The van der Waals surface area contributed by atoms with Gasteiger partial charge in [-0.3, -0.25) is 9.88 Å². The minimum Gasteiger partial charge on any atom is -0.339 e. The molecule has 4 rings (SSSR count). The lowest BCUT2D eigenvalue weighted by molar-refractivity contribution is 0.148. The molecule has 2 fully saturated rings. The van der Waals surface area contributed by atoms with Crippen LogP contribution in [0.2, 0.25) is 0 Å². The van der Waals surface area contributed by atoms with E-state index in [1.165, 1.54) is 25.0 Å². The Hall–Kier alpha value is -2.01. The Balaban J connectivity index is 1.51. The SMILES string of the molecule is Cc1cnc(N2CC[C@@]3(CCCN3Cc3cccc(C)n3)C2)nc1. The maximum Gasteiger partial charge on any atom is 0.225 e. The Kier molecular flexibility index (Phi) is 3.96. The Labute approximate surface area is 143 Å². The van der Waals surface area contributed by atoms with E-state index >= 15 is 0 Å². The van der Waals surface area contributed by atoms with Crippen LogP contribution in [0.1, 0.15) is 36.2 Å². The second-order valence-corrected chi connectivity index (χ2v) is 7.25. The summed E-state index contributed by atoms with van der Waals surface area (Å²) in [6.45, 7) is 8.28. The standard InChI is InChI=1S/C19H25N5/c1-15-11-20-18(21-12-15)23-10-8-19(14-23)7-4-9-24(19)13-17-6-3-5-16(2)22-17/h3,5-6,11-12H,4,7-10,13-14H2,1-2H3/t19-/m0/s1. The van der Waals surface area contributed by atoms with Gasteiger partial charge in [-0.1, -0.05) is 6.07 Å². The first-order valence-electron chi connectivity index (χ1n) is 8.86. The van der Waals surface area contributed by atoms with Gasteiger partial charge in [0, 0.05) is 43.3 Å². The molecule has 0 saturated carbocycles. The first-order valence-corrected chi connectivity index (χ1v) is 8.86. The van der Waals surface area contributed by atoms with Crippen molar-refractivity contribution < 1.29 is 0 Å². The molecule has 5 nitrogen and oxygen atoms in total. The molecule has 2 aliphatic rings. The number of aromatic nitrogens is 3. The van der Waals surface area contributed by atoms with Crippen LogP contribution in [0.3, 0.4) is 0 Å². The zero-order chi connectivity index (χ0) is 16.6. The fraction of sp³-hybridized carbons (Fsp3) is 0.526. The molecule has 2 aliphatic heterocycles. The topological polar surface area (TPSA) is 45.2 Å². The molecule has 0 radical (unpaired) electrons. The van der Waals surface area contributed by atoms with Gasteiger partial charge in [0.15, 0.2) is 0 Å². The van der Waals surface area contributed by atoms with Crippen LogP contribution in [0.25, 0.3) is 0 Å². The number of anilines is 1. The highest BCUT2D eigenvalue weighted by Gasteiger charge is 2.46. The number of rotatable bonds is 3. The molecule has 0 bridgehead atoms. The van der Waals surface area contributed by atoms with E-state index in [1.54, 1.807) is 0 Å². The molecule has 0 aromatic carbocycles. The third kappa shape index (κ3) is 2.88. The van der Waals surface area contributed by atoms with Crippen LogP contribution in [0, 0.1) is 13.8 Å². The number of pyridine rings is 1. The lowest BCUT2D eigenvalue weighted by Gasteiger charge is -2.35. The quantitative estimate of drug-likeness (QED) is 0.869. The third-order valence-corrected chi connectivity index (χ3v) is 5.42. The smallest absolute Gasteiger partial charge is 0.225 e. The summed E-state index contributed by atoms with van der Waals surface area (Å²) in [5.74, 6) is 0.873. The van der Waals surface area contributed by atoms with Crippen LogP contribution in [0.4, 0.5) is 5.95 Å². The van der Waals surface area contributed by atoms with E-state index in [1.807, 2.05) is 19.3 Å². The van der Waals surface area contributed by atoms with E-state index in [0.29, 0.717) is 0 Å². The fourth-order valence-corrected chi connectivity index (χ4v) is 4.16. The molecule has 126 valence electrons. The molecule has 4 heterocycles. The van der Waals surface area contributed by atoms with Crippen molar-refractivity contribution in [3.8, 4) is 0 Å². The van der Waals surface area contributed by atoms with Crippen molar-refractivity contribution in [1.82, 2.24) is 19.9 Å². The largest absolute Gasteiger partial charge is 0.339 e. The van der Waals surface area contributed by atoms with Crippen molar-refractivity contribution in [1.29, 1.82) is 0 Å². The summed E-state index contributed by atoms with van der Waals surface area (Å²) in [7, 11) is 0. The fourth-order valence-electron chi connectivity index (χ4n) is 4.16. The Morgan fingerprint density at radius 3 is 2.71 bits per heavy atom.